The number of nitrogen functional groups attached to an aromatic ring is 1. The Bertz CT molecular complexity index is 784. The van der Waals surface area contributed by atoms with Gasteiger partial charge in [-0.15, -0.1) is 0 Å². The summed E-state index contributed by atoms with van der Waals surface area (Å²) in [5, 5.41) is 0. The van der Waals surface area contributed by atoms with Crippen LogP contribution in [0.15, 0.2) is 48.5 Å². The minimum atomic E-state index is 0.215. The fourth-order valence-electron chi connectivity index (χ4n) is 4.17. The van der Waals surface area contributed by atoms with Crippen LogP contribution in [0.5, 0.6) is 0 Å². The van der Waals surface area contributed by atoms with Crippen molar-refractivity contribution in [2.24, 2.45) is 0 Å². The number of fused-ring (bicyclic) bond motifs is 1. The second-order valence-corrected chi connectivity index (χ2v) is 7.41. The molecular formula is C22H28N4O. The molecule has 2 aromatic rings. The quantitative estimate of drug-likeness (QED) is 0.848. The number of rotatable bonds is 4. The van der Waals surface area contributed by atoms with Gasteiger partial charge in [0, 0.05) is 62.8 Å². The number of carbonyl (C=O) groups excluding carboxylic acids is 1. The van der Waals surface area contributed by atoms with Crippen molar-refractivity contribution < 1.29 is 4.79 Å². The molecule has 0 unspecified atom stereocenters. The van der Waals surface area contributed by atoms with E-state index in [9.17, 15) is 4.79 Å². The van der Waals surface area contributed by atoms with Crippen LogP contribution in [0, 0.1) is 0 Å². The highest BCUT2D eigenvalue weighted by Gasteiger charge is 2.24. The van der Waals surface area contributed by atoms with Crippen molar-refractivity contribution in [3.05, 3.63) is 54.1 Å². The van der Waals surface area contributed by atoms with E-state index in [-0.39, 0.29) is 5.91 Å². The van der Waals surface area contributed by atoms with Gasteiger partial charge < -0.3 is 15.5 Å². The predicted octanol–water partition coefficient (Wildman–Crippen LogP) is 2.76. The van der Waals surface area contributed by atoms with Crippen molar-refractivity contribution in [1.29, 1.82) is 0 Å². The van der Waals surface area contributed by atoms with Crippen LogP contribution in [-0.4, -0.2) is 50.1 Å². The van der Waals surface area contributed by atoms with Gasteiger partial charge in [0.1, 0.15) is 0 Å². The fourth-order valence-corrected chi connectivity index (χ4v) is 4.17. The van der Waals surface area contributed by atoms with Crippen molar-refractivity contribution in [3.63, 3.8) is 0 Å². The summed E-state index contributed by atoms with van der Waals surface area (Å²) in [7, 11) is 0. The molecule has 2 aliphatic rings. The Morgan fingerprint density at radius 1 is 0.926 bits per heavy atom. The zero-order chi connectivity index (χ0) is 18.6. The normalized spacial score (nSPS) is 17.6. The van der Waals surface area contributed by atoms with Gasteiger partial charge in [0.15, 0.2) is 0 Å². The molecule has 0 spiro atoms. The first-order chi connectivity index (χ1) is 13.2. The number of hydrogen-bond acceptors (Lipinski definition) is 4. The average molecular weight is 364 g/mol. The molecule has 2 heterocycles. The minimum Gasteiger partial charge on any atom is -0.398 e. The molecule has 1 fully saturated rings. The monoisotopic (exact) mass is 364 g/mol. The molecule has 0 aromatic heterocycles. The van der Waals surface area contributed by atoms with Gasteiger partial charge in [-0.3, -0.25) is 9.69 Å². The van der Waals surface area contributed by atoms with Gasteiger partial charge in [-0.05, 0) is 42.7 Å². The summed E-state index contributed by atoms with van der Waals surface area (Å²) in [5.74, 6) is 0.215. The second kappa shape index (κ2) is 8.01. The first-order valence-electron chi connectivity index (χ1n) is 9.92. The second-order valence-electron chi connectivity index (χ2n) is 7.41. The van der Waals surface area contributed by atoms with Crippen LogP contribution in [0.2, 0.25) is 0 Å². The zero-order valence-corrected chi connectivity index (χ0v) is 15.8. The SMILES string of the molecule is Nc1cccc2c1CCCN2C(=O)CCN1CCN(c2ccccc2)CC1. The highest BCUT2D eigenvalue weighted by Crippen LogP contribution is 2.31. The summed E-state index contributed by atoms with van der Waals surface area (Å²) in [6.45, 7) is 5.67. The molecule has 142 valence electrons. The molecule has 2 aliphatic heterocycles. The van der Waals surface area contributed by atoms with E-state index in [1.54, 1.807) is 0 Å². The number of nitrogens with two attached hydrogens (primary N) is 1. The van der Waals surface area contributed by atoms with E-state index in [2.05, 4.69) is 40.1 Å². The molecule has 0 bridgehead atoms. The maximum Gasteiger partial charge on any atom is 0.228 e. The Kier molecular flexibility index (Phi) is 5.30. The van der Waals surface area contributed by atoms with Crippen LogP contribution in [0.4, 0.5) is 17.1 Å². The summed E-state index contributed by atoms with van der Waals surface area (Å²) >= 11 is 0. The third-order valence-corrected chi connectivity index (χ3v) is 5.72. The molecule has 27 heavy (non-hydrogen) atoms. The number of carbonyl (C=O) groups is 1. The first kappa shape index (κ1) is 17.9. The van der Waals surface area contributed by atoms with Gasteiger partial charge in [-0.1, -0.05) is 24.3 Å². The molecule has 0 atom stereocenters. The van der Waals surface area contributed by atoms with E-state index < -0.39 is 0 Å². The molecule has 0 radical (unpaired) electrons. The van der Waals surface area contributed by atoms with Crippen LogP contribution >= 0.6 is 0 Å². The molecule has 1 saturated heterocycles. The number of amides is 1. The Labute approximate surface area is 161 Å². The lowest BCUT2D eigenvalue weighted by Crippen LogP contribution is -2.47. The Morgan fingerprint density at radius 2 is 1.70 bits per heavy atom. The largest absolute Gasteiger partial charge is 0.398 e. The molecular weight excluding hydrogens is 336 g/mol. The lowest BCUT2D eigenvalue weighted by Gasteiger charge is -2.36. The average Bonchev–Trinajstić information content (AvgIpc) is 2.73. The summed E-state index contributed by atoms with van der Waals surface area (Å²) in [5.41, 5.74) is 10.3. The molecule has 5 heteroatoms. The Hall–Kier alpha value is -2.53. The molecule has 2 N–H and O–H groups in total. The number of piperazine rings is 1. The summed E-state index contributed by atoms with van der Waals surface area (Å²) in [4.78, 5) is 19.6. The highest BCUT2D eigenvalue weighted by atomic mass is 16.2. The molecule has 2 aromatic carbocycles. The molecule has 4 rings (SSSR count). The van der Waals surface area contributed by atoms with E-state index in [4.69, 9.17) is 5.73 Å². The fraction of sp³-hybridized carbons (Fsp3) is 0.409. The van der Waals surface area contributed by atoms with Crippen LogP contribution in [-0.2, 0) is 11.2 Å². The molecule has 1 amide bonds. The number of anilines is 3. The van der Waals surface area contributed by atoms with E-state index in [0.29, 0.717) is 6.42 Å². The summed E-state index contributed by atoms with van der Waals surface area (Å²) in [6.07, 6.45) is 2.52. The van der Waals surface area contributed by atoms with E-state index >= 15 is 0 Å². The van der Waals surface area contributed by atoms with Gasteiger partial charge in [-0.25, -0.2) is 0 Å². The summed E-state index contributed by atoms with van der Waals surface area (Å²) in [6, 6.07) is 16.5. The lowest BCUT2D eigenvalue weighted by atomic mass is 9.99. The standard InChI is InChI=1S/C22H28N4O/c23-20-9-4-10-21-19(20)8-5-12-26(21)22(27)11-13-24-14-16-25(17-15-24)18-6-2-1-3-7-18/h1-4,6-7,9-10H,5,8,11-17,23H2. The van der Waals surface area contributed by atoms with Crippen molar-refractivity contribution >= 4 is 23.0 Å². The third kappa shape index (κ3) is 3.93. The van der Waals surface area contributed by atoms with Gasteiger partial charge in [0.2, 0.25) is 5.91 Å². The van der Waals surface area contributed by atoms with Crippen LogP contribution in [0.25, 0.3) is 0 Å². The lowest BCUT2D eigenvalue weighted by molar-refractivity contribution is -0.119. The van der Waals surface area contributed by atoms with E-state index in [1.165, 1.54) is 5.69 Å². The van der Waals surface area contributed by atoms with Gasteiger partial charge in [0.05, 0.1) is 0 Å². The number of benzene rings is 2. The molecule has 0 aliphatic carbocycles. The minimum absolute atomic E-state index is 0.215. The number of para-hydroxylation sites is 1. The van der Waals surface area contributed by atoms with Gasteiger partial charge in [-0.2, -0.15) is 0 Å². The maximum atomic E-state index is 12.8. The number of hydrogen-bond donors (Lipinski definition) is 1. The predicted molar refractivity (Wildman–Crippen MR) is 111 cm³/mol. The van der Waals surface area contributed by atoms with E-state index in [0.717, 1.165) is 69.0 Å². The Balaban J connectivity index is 1.30. The van der Waals surface area contributed by atoms with Crippen LogP contribution < -0.4 is 15.5 Å². The summed E-state index contributed by atoms with van der Waals surface area (Å²) < 4.78 is 0. The van der Waals surface area contributed by atoms with Gasteiger partial charge in [0.25, 0.3) is 0 Å². The Morgan fingerprint density at radius 3 is 2.48 bits per heavy atom. The maximum absolute atomic E-state index is 12.8. The number of nitrogens with zero attached hydrogens (tertiary/aromatic N) is 3. The third-order valence-electron chi connectivity index (χ3n) is 5.72. The first-order valence-corrected chi connectivity index (χ1v) is 9.92. The van der Waals surface area contributed by atoms with Crippen molar-refractivity contribution in [1.82, 2.24) is 4.90 Å². The smallest absolute Gasteiger partial charge is 0.228 e. The van der Waals surface area contributed by atoms with Crippen molar-refractivity contribution in [2.45, 2.75) is 19.3 Å². The zero-order valence-electron chi connectivity index (χ0n) is 15.8. The topological polar surface area (TPSA) is 52.8 Å². The molecule has 0 saturated carbocycles. The van der Waals surface area contributed by atoms with Crippen molar-refractivity contribution in [2.75, 3.05) is 54.8 Å². The van der Waals surface area contributed by atoms with Gasteiger partial charge >= 0.3 is 0 Å². The van der Waals surface area contributed by atoms with Crippen LogP contribution in [0.3, 0.4) is 0 Å². The van der Waals surface area contributed by atoms with Crippen LogP contribution in [0.1, 0.15) is 18.4 Å². The van der Waals surface area contributed by atoms with E-state index in [1.807, 2.05) is 23.1 Å². The van der Waals surface area contributed by atoms with Crippen molar-refractivity contribution in [3.8, 4) is 0 Å². The molecule has 5 nitrogen and oxygen atoms in total. The highest BCUT2D eigenvalue weighted by molar-refractivity contribution is 5.95.